The van der Waals surface area contributed by atoms with Crippen molar-refractivity contribution in [1.82, 2.24) is 9.78 Å². The van der Waals surface area contributed by atoms with Crippen LogP contribution in [0.15, 0.2) is 12.4 Å². The van der Waals surface area contributed by atoms with Gasteiger partial charge < -0.3 is 5.11 Å². The summed E-state index contributed by atoms with van der Waals surface area (Å²) >= 11 is 0. The molecule has 32 heavy (non-hydrogen) atoms. The number of hydrogen-bond acceptors (Lipinski definition) is 4. The van der Waals surface area contributed by atoms with Gasteiger partial charge in [-0.05, 0) is 106 Å². The van der Waals surface area contributed by atoms with E-state index < -0.39 is 5.60 Å². The quantitative estimate of drug-likeness (QED) is 0.711. The number of nitrogens with zero attached hydrogens (tertiary/aromatic N) is 3. The Hall–Kier alpha value is -1.67. The molecule has 1 aromatic rings. The van der Waals surface area contributed by atoms with E-state index in [2.05, 4.69) is 18.1 Å². The summed E-state index contributed by atoms with van der Waals surface area (Å²) in [4.78, 5) is 13.5. The van der Waals surface area contributed by atoms with Gasteiger partial charge in [0.15, 0.2) is 5.78 Å². The monoisotopic (exact) mass is 437 g/mol. The van der Waals surface area contributed by atoms with E-state index in [0.717, 1.165) is 55.8 Å². The fourth-order valence-electron chi connectivity index (χ4n) is 8.64. The van der Waals surface area contributed by atoms with Crippen LogP contribution >= 0.6 is 0 Å². The molecule has 1 aromatic heterocycles. The van der Waals surface area contributed by atoms with Gasteiger partial charge >= 0.3 is 0 Å². The molecule has 5 heteroatoms. The van der Waals surface area contributed by atoms with Gasteiger partial charge in [0.05, 0.1) is 23.9 Å². The zero-order valence-corrected chi connectivity index (χ0v) is 19.8. The largest absolute Gasteiger partial charge is 0.390 e. The fourth-order valence-corrected chi connectivity index (χ4v) is 8.64. The molecule has 4 aliphatic carbocycles. The normalized spacial score (nSPS) is 43.8. The zero-order valence-electron chi connectivity index (χ0n) is 19.8. The Morgan fingerprint density at radius 1 is 1.09 bits per heavy atom. The Balaban J connectivity index is 1.33. The van der Waals surface area contributed by atoms with Crippen LogP contribution < -0.4 is 0 Å². The zero-order chi connectivity index (χ0) is 22.5. The molecule has 5 rings (SSSR count). The molecule has 174 valence electrons. The van der Waals surface area contributed by atoms with Crippen LogP contribution in [0.5, 0.6) is 0 Å². The van der Waals surface area contributed by atoms with Crippen molar-refractivity contribution >= 4 is 5.78 Å². The first-order valence-corrected chi connectivity index (χ1v) is 13.0. The van der Waals surface area contributed by atoms with E-state index in [4.69, 9.17) is 5.26 Å². The maximum atomic E-state index is 13.5. The van der Waals surface area contributed by atoms with Crippen molar-refractivity contribution in [2.45, 2.75) is 96.6 Å². The topological polar surface area (TPSA) is 78.9 Å². The lowest BCUT2D eigenvalue weighted by Gasteiger charge is -2.59. The van der Waals surface area contributed by atoms with E-state index in [1.54, 1.807) is 17.1 Å². The lowest BCUT2D eigenvalue weighted by molar-refractivity contribution is -0.143. The highest BCUT2D eigenvalue weighted by Gasteiger charge is 2.56. The predicted octanol–water partition coefficient (Wildman–Crippen LogP) is 5.12. The van der Waals surface area contributed by atoms with Crippen molar-refractivity contribution in [3.63, 3.8) is 0 Å². The number of Topliss-reactive ketones (excluding diaryl/α,β-unsaturated/α-hetero) is 1. The summed E-state index contributed by atoms with van der Waals surface area (Å²) in [6.07, 6.45) is 16.0. The number of carbonyl (C=O) groups is 1. The van der Waals surface area contributed by atoms with E-state index in [0.29, 0.717) is 23.8 Å². The Kier molecular flexibility index (Phi) is 5.73. The van der Waals surface area contributed by atoms with Crippen LogP contribution in [-0.2, 0) is 11.3 Å². The maximum absolute atomic E-state index is 13.5. The average molecular weight is 438 g/mol. The van der Waals surface area contributed by atoms with Crippen LogP contribution in [0.3, 0.4) is 0 Å². The highest BCUT2D eigenvalue weighted by atomic mass is 16.3. The molecule has 0 radical (unpaired) electrons. The Labute approximate surface area is 192 Å². The minimum absolute atomic E-state index is 0.102. The minimum Gasteiger partial charge on any atom is -0.390 e. The second kappa shape index (κ2) is 8.28. The molecule has 0 spiro atoms. The van der Waals surface area contributed by atoms with Gasteiger partial charge in [-0.25, -0.2) is 0 Å². The van der Waals surface area contributed by atoms with Crippen molar-refractivity contribution in [2.24, 2.45) is 40.9 Å². The highest BCUT2D eigenvalue weighted by molar-refractivity contribution is 5.81. The van der Waals surface area contributed by atoms with Crippen molar-refractivity contribution in [1.29, 1.82) is 5.26 Å². The van der Waals surface area contributed by atoms with Crippen LogP contribution in [0.4, 0.5) is 0 Å². The van der Waals surface area contributed by atoms with E-state index in [1.807, 2.05) is 6.92 Å². The molecule has 0 bridgehead atoms. The molecular formula is C27H39N3O2. The minimum atomic E-state index is -0.476. The molecule has 0 aliphatic heterocycles. The van der Waals surface area contributed by atoms with Gasteiger partial charge in [0, 0.05) is 12.1 Å². The molecule has 1 heterocycles. The molecule has 4 saturated carbocycles. The van der Waals surface area contributed by atoms with Crippen LogP contribution in [0.1, 0.15) is 90.0 Å². The standard InChI is InChI=1S/C27H39N3O2/c1-26(32)11-8-19-6-7-22-21(20(19)9-12-26)10-13-27(2)23(22)4-3-5-24(27)25(31)17-30-16-18(14-28)15-29-30/h15-16,19-24,32H,3-13,17H2,1-2H3/t19-,20+,21-,22-,23+,24+,26+,27+/m1/s1. The molecule has 1 N–H and O–H groups in total. The third kappa shape index (κ3) is 3.83. The van der Waals surface area contributed by atoms with Crippen LogP contribution in [0.25, 0.3) is 0 Å². The van der Waals surface area contributed by atoms with Crippen LogP contribution in [0.2, 0.25) is 0 Å². The van der Waals surface area contributed by atoms with Gasteiger partial charge in [0.1, 0.15) is 6.07 Å². The second-order valence-corrected chi connectivity index (χ2v) is 12.0. The number of nitriles is 1. The SMILES string of the molecule is C[C@]1(O)CC[C@H]2CC[C@@H]3[C@H](CC[C@]4(C)[C@H](C(=O)Cn5cc(C#N)cn5)CCC[C@@H]34)[C@H]2CC1. The molecule has 4 fully saturated rings. The summed E-state index contributed by atoms with van der Waals surface area (Å²) < 4.78 is 1.65. The summed E-state index contributed by atoms with van der Waals surface area (Å²) in [5.74, 6) is 4.19. The molecule has 0 aromatic carbocycles. The molecule has 8 atom stereocenters. The molecule has 4 aliphatic rings. The molecule has 0 saturated heterocycles. The van der Waals surface area contributed by atoms with Crippen molar-refractivity contribution in [3.8, 4) is 6.07 Å². The van der Waals surface area contributed by atoms with Crippen LogP contribution in [0, 0.1) is 52.3 Å². The fraction of sp³-hybridized carbons (Fsp3) is 0.815. The van der Waals surface area contributed by atoms with Crippen molar-refractivity contribution < 1.29 is 9.90 Å². The first kappa shape index (κ1) is 22.1. The predicted molar refractivity (Wildman–Crippen MR) is 122 cm³/mol. The van der Waals surface area contributed by atoms with Gasteiger partial charge in [-0.15, -0.1) is 0 Å². The van der Waals surface area contributed by atoms with Gasteiger partial charge in [-0.1, -0.05) is 13.3 Å². The third-order valence-corrected chi connectivity index (χ3v) is 10.3. The summed E-state index contributed by atoms with van der Waals surface area (Å²) in [5, 5.41) is 24.0. The summed E-state index contributed by atoms with van der Waals surface area (Å²) in [6.45, 7) is 4.75. The van der Waals surface area contributed by atoms with E-state index in [9.17, 15) is 9.90 Å². The van der Waals surface area contributed by atoms with Crippen molar-refractivity contribution in [2.75, 3.05) is 0 Å². The second-order valence-electron chi connectivity index (χ2n) is 12.0. The first-order chi connectivity index (χ1) is 15.3. The lowest BCUT2D eigenvalue weighted by Crippen LogP contribution is -2.53. The first-order valence-electron chi connectivity index (χ1n) is 13.0. The van der Waals surface area contributed by atoms with Crippen molar-refractivity contribution in [3.05, 3.63) is 18.0 Å². The lowest BCUT2D eigenvalue weighted by atomic mass is 9.45. The summed E-state index contributed by atoms with van der Waals surface area (Å²) in [6, 6.07) is 2.11. The Bertz CT molecular complexity index is 899. The number of ketones is 1. The smallest absolute Gasteiger partial charge is 0.157 e. The molecule has 5 nitrogen and oxygen atoms in total. The Morgan fingerprint density at radius 2 is 1.88 bits per heavy atom. The van der Waals surface area contributed by atoms with E-state index >= 15 is 0 Å². The van der Waals surface area contributed by atoms with Gasteiger partial charge in [0.2, 0.25) is 0 Å². The molecule has 0 unspecified atom stereocenters. The maximum Gasteiger partial charge on any atom is 0.157 e. The number of hydrogen-bond donors (Lipinski definition) is 1. The highest BCUT2D eigenvalue weighted by Crippen LogP contribution is 2.63. The van der Waals surface area contributed by atoms with E-state index in [1.165, 1.54) is 38.5 Å². The number of aromatic nitrogens is 2. The van der Waals surface area contributed by atoms with E-state index in [-0.39, 0.29) is 11.3 Å². The number of rotatable bonds is 3. The van der Waals surface area contributed by atoms with Gasteiger partial charge in [0.25, 0.3) is 0 Å². The Morgan fingerprint density at radius 3 is 2.66 bits per heavy atom. The third-order valence-electron chi connectivity index (χ3n) is 10.3. The number of aliphatic hydroxyl groups is 1. The average Bonchev–Trinajstić information content (AvgIpc) is 3.16. The number of fused-ring (bicyclic) bond motifs is 5. The van der Waals surface area contributed by atoms with Gasteiger partial charge in [-0.3, -0.25) is 9.48 Å². The molecule has 0 amide bonds. The number of carbonyl (C=O) groups excluding carboxylic acids is 1. The van der Waals surface area contributed by atoms with Gasteiger partial charge in [-0.2, -0.15) is 10.4 Å². The van der Waals surface area contributed by atoms with Crippen LogP contribution in [-0.4, -0.2) is 26.3 Å². The summed E-state index contributed by atoms with van der Waals surface area (Å²) in [7, 11) is 0. The molecular weight excluding hydrogens is 398 g/mol. The summed E-state index contributed by atoms with van der Waals surface area (Å²) in [5.41, 5.74) is 0.145.